The van der Waals surface area contributed by atoms with Gasteiger partial charge in [0, 0.05) is 24.5 Å². The largest absolute Gasteiger partial charge is 0.388 e. The first kappa shape index (κ1) is 28.8. The molecule has 1 aliphatic heterocycles. The Kier molecular flexibility index (Phi) is 10.4. The quantitative estimate of drug-likeness (QED) is 0.136. The summed E-state index contributed by atoms with van der Waals surface area (Å²) in [5, 5.41) is 8.33. The van der Waals surface area contributed by atoms with Crippen molar-refractivity contribution in [1.29, 1.82) is 0 Å². The van der Waals surface area contributed by atoms with Gasteiger partial charge in [0.1, 0.15) is 11.4 Å². The summed E-state index contributed by atoms with van der Waals surface area (Å²) in [7, 11) is -3.99. The Balaban J connectivity index is 1.42. The van der Waals surface area contributed by atoms with Crippen molar-refractivity contribution in [2.24, 2.45) is 11.7 Å². The molecule has 1 saturated heterocycles. The SMILES string of the molecule is N[C@H](CC(=O)NCC(=O)OC(=O)c1cccc(C(=O)NCC2CCNCC2)c1)NS(=O)(=O)c1cccnc1. The Morgan fingerprint density at radius 3 is 2.53 bits per heavy atom. The van der Waals surface area contributed by atoms with E-state index in [-0.39, 0.29) is 21.9 Å². The molecule has 0 unspecified atom stereocenters. The van der Waals surface area contributed by atoms with Crippen molar-refractivity contribution in [3.63, 3.8) is 0 Å². The maximum Gasteiger partial charge on any atom is 0.345 e. The number of piperidine rings is 1. The Labute approximate surface area is 220 Å². The second-order valence-corrected chi connectivity index (χ2v) is 10.4. The van der Waals surface area contributed by atoms with Crippen LogP contribution in [0.3, 0.4) is 0 Å². The van der Waals surface area contributed by atoms with Crippen LogP contribution < -0.4 is 26.4 Å². The molecule has 0 spiro atoms. The molecule has 204 valence electrons. The minimum absolute atomic E-state index is 0.00831. The Bertz CT molecular complexity index is 1250. The van der Waals surface area contributed by atoms with Crippen LogP contribution in [0.4, 0.5) is 0 Å². The van der Waals surface area contributed by atoms with Crippen LogP contribution in [0.2, 0.25) is 0 Å². The highest BCUT2D eigenvalue weighted by molar-refractivity contribution is 7.89. The average Bonchev–Trinajstić information content (AvgIpc) is 2.91. The van der Waals surface area contributed by atoms with Crippen LogP contribution in [0, 0.1) is 5.92 Å². The molecule has 0 radical (unpaired) electrons. The highest BCUT2D eigenvalue weighted by Gasteiger charge is 2.21. The molecule has 1 aromatic heterocycles. The first-order valence-electron chi connectivity index (χ1n) is 11.9. The van der Waals surface area contributed by atoms with E-state index in [4.69, 9.17) is 10.5 Å². The van der Waals surface area contributed by atoms with E-state index < -0.39 is 47.0 Å². The van der Waals surface area contributed by atoms with E-state index in [0.29, 0.717) is 12.5 Å². The Morgan fingerprint density at radius 2 is 1.82 bits per heavy atom. The molecule has 13 nitrogen and oxygen atoms in total. The van der Waals surface area contributed by atoms with Gasteiger partial charge in [0.25, 0.3) is 5.91 Å². The Morgan fingerprint density at radius 1 is 1.08 bits per heavy atom. The minimum Gasteiger partial charge on any atom is -0.388 e. The number of nitrogens with two attached hydrogens (primary N) is 1. The standard InChI is InChI=1S/C24H30N6O7S/c25-20(30-38(35,36)19-5-2-8-27-14-19)12-21(31)28-15-22(32)37-24(34)18-4-1-3-17(11-18)23(33)29-13-16-6-9-26-10-7-16/h1-5,8,11,14,16,20,26,30H,6-7,9-10,12-13,15,25H2,(H,28,31)(H,29,33)/t20-/m0/s1. The van der Waals surface area contributed by atoms with E-state index >= 15 is 0 Å². The predicted octanol–water partition coefficient (Wildman–Crippen LogP) is -0.736. The van der Waals surface area contributed by atoms with Gasteiger partial charge in [0.05, 0.1) is 18.2 Å². The second-order valence-electron chi connectivity index (χ2n) is 8.64. The number of rotatable bonds is 11. The summed E-state index contributed by atoms with van der Waals surface area (Å²) in [5.74, 6) is -2.74. The molecule has 0 bridgehead atoms. The van der Waals surface area contributed by atoms with E-state index in [1.54, 1.807) is 6.07 Å². The monoisotopic (exact) mass is 546 g/mol. The van der Waals surface area contributed by atoms with Crippen LogP contribution >= 0.6 is 0 Å². The summed E-state index contributed by atoms with van der Waals surface area (Å²) >= 11 is 0. The van der Waals surface area contributed by atoms with Crippen molar-refractivity contribution in [3.05, 3.63) is 59.9 Å². The number of carbonyl (C=O) groups excluding carboxylic acids is 4. The van der Waals surface area contributed by atoms with Gasteiger partial charge in [-0.2, -0.15) is 4.72 Å². The van der Waals surface area contributed by atoms with Crippen LogP contribution in [0.15, 0.2) is 53.7 Å². The van der Waals surface area contributed by atoms with Gasteiger partial charge in [0.15, 0.2) is 0 Å². The fourth-order valence-electron chi connectivity index (χ4n) is 3.67. The lowest BCUT2D eigenvalue weighted by Crippen LogP contribution is -2.45. The lowest BCUT2D eigenvalue weighted by Gasteiger charge is -2.22. The molecule has 38 heavy (non-hydrogen) atoms. The number of esters is 2. The molecule has 1 aromatic carbocycles. The van der Waals surface area contributed by atoms with Gasteiger partial charge in [0.2, 0.25) is 15.9 Å². The lowest BCUT2D eigenvalue weighted by molar-refractivity contribution is -0.138. The molecule has 6 N–H and O–H groups in total. The summed E-state index contributed by atoms with van der Waals surface area (Å²) in [6.07, 6.45) is 2.72. The van der Waals surface area contributed by atoms with Gasteiger partial charge in [-0.15, -0.1) is 0 Å². The summed E-state index contributed by atoms with van der Waals surface area (Å²) in [5.41, 5.74) is 5.93. The normalized spacial score (nSPS) is 14.8. The predicted molar refractivity (Wildman–Crippen MR) is 135 cm³/mol. The maximum atomic E-state index is 12.5. The third-order valence-electron chi connectivity index (χ3n) is 5.66. The lowest BCUT2D eigenvalue weighted by atomic mass is 9.98. The second kappa shape index (κ2) is 13.7. The summed E-state index contributed by atoms with van der Waals surface area (Å²) in [4.78, 5) is 52.5. The molecule has 2 heterocycles. The number of hydrogen-bond acceptors (Lipinski definition) is 10. The third kappa shape index (κ3) is 8.99. The fourth-order valence-corrected chi connectivity index (χ4v) is 4.74. The number of ether oxygens (including phenoxy) is 1. The molecule has 1 atom stereocenters. The van der Waals surface area contributed by atoms with E-state index in [1.165, 1.54) is 36.5 Å². The number of nitrogens with one attached hydrogen (secondary N) is 4. The van der Waals surface area contributed by atoms with Gasteiger partial charge < -0.3 is 26.4 Å². The zero-order valence-electron chi connectivity index (χ0n) is 20.5. The minimum atomic E-state index is -3.99. The average molecular weight is 547 g/mol. The topological polar surface area (TPSA) is 199 Å². The molecule has 0 aliphatic carbocycles. The van der Waals surface area contributed by atoms with Crippen LogP contribution in [0.25, 0.3) is 0 Å². The van der Waals surface area contributed by atoms with Crippen molar-refractivity contribution in [2.45, 2.75) is 30.3 Å². The van der Waals surface area contributed by atoms with Crippen LogP contribution in [-0.2, 0) is 24.3 Å². The summed E-state index contributed by atoms with van der Waals surface area (Å²) < 4.78 is 31.3. The van der Waals surface area contributed by atoms with E-state index in [0.717, 1.165) is 32.1 Å². The highest BCUT2D eigenvalue weighted by Crippen LogP contribution is 2.12. The fraction of sp³-hybridized carbons (Fsp3) is 0.375. The molecule has 1 fully saturated rings. The maximum absolute atomic E-state index is 12.5. The van der Waals surface area contributed by atoms with Crippen LogP contribution in [-0.4, -0.2) is 69.5 Å². The summed E-state index contributed by atoms with van der Waals surface area (Å²) in [6.45, 7) is 1.70. The Hall–Kier alpha value is -3.72. The molecular weight excluding hydrogens is 516 g/mol. The third-order valence-corrected chi connectivity index (χ3v) is 7.14. The van der Waals surface area contributed by atoms with Gasteiger partial charge in [-0.1, -0.05) is 6.07 Å². The van der Waals surface area contributed by atoms with Gasteiger partial charge in [-0.25, -0.2) is 18.0 Å². The first-order valence-corrected chi connectivity index (χ1v) is 13.4. The molecule has 2 amide bonds. The van der Waals surface area contributed by atoms with Crippen molar-refractivity contribution in [1.82, 2.24) is 25.7 Å². The highest BCUT2D eigenvalue weighted by atomic mass is 32.2. The zero-order valence-corrected chi connectivity index (χ0v) is 21.3. The van der Waals surface area contributed by atoms with Crippen molar-refractivity contribution in [3.8, 4) is 0 Å². The number of hydrogen-bond donors (Lipinski definition) is 5. The van der Waals surface area contributed by atoms with Crippen molar-refractivity contribution < 1.29 is 32.3 Å². The number of sulfonamides is 1. The summed E-state index contributed by atoms with van der Waals surface area (Å²) in [6, 6.07) is 8.50. The molecule has 3 rings (SSSR count). The molecular formula is C24H30N6O7S. The first-order chi connectivity index (χ1) is 18.1. The smallest absolute Gasteiger partial charge is 0.345 e. The zero-order chi connectivity index (χ0) is 27.5. The molecule has 14 heteroatoms. The van der Waals surface area contributed by atoms with Gasteiger partial charge in [-0.3, -0.25) is 14.6 Å². The molecule has 1 aliphatic rings. The van der Waals surface area contributed by atoms with Crippen LogP contribution in [0.1, 0.15) is 40.0 Å². The number of carbonyl (C=O) groups is 4. The molecule has 0 saturated carbocycles. The van der Waals surface area contributed by atoms with Crippen LogP contribution in [0.5, 0.6) is 0 Å². The number of amides is 2. The number of pyridine rings is 1. The van der Waals surface area contributed by atoms with Crippen molar-refractivity contribution >= 4 is 33.8 Å². The van der Waals surface area contributed by atoms with E-state index in [2.05, 4.69) is 25.7 Å². The van der Waals surface area contributed by atoms with Gasteiger partial charge in [-0.05, 0) is 62.2 Å². The number of benzene rings is 1. The van der Waals surface area contributed by atoms with Gasteiger partial charge >= 0.3 is 11.9 Å². The number of aromatic nitrogens is 1. The van der Waals surface area contributed by atoms with E-state index in [9.17, 15) is 27.6 Å². The number of nitrogens with zero attached hydrogens (tertiary/aromatic N) is 1. The van der Waals surface area contributed by atoms with E-state index in [1.807, 2.05) is 0 Å². The molecule has 2 aromatic rings. The van der Waals surface area contributed by atoms with Crippen molar-refractivity contribution in [2.75, 3.05) is 26.2 Å².